The highest BCUT2D eigenvalue weighted by Gasteiger charge is 2.14. The molecule has 1 aromatic rings. The lowest BCUT2D eigenvalue weighted by molar-refractivity contribution is 0.0134. The largest absolute Gasteiger partial charge is 0.394 e. The van der Waals surface area contributed by atoms with E-state index in [1.165, 1.54) is 12.6 Å². The van der Waals surface area contributed by atoms with Crippen LogP contribution < -0.4 is 10.9 Å². The summed E-state index contributed by atoms with van der Waals surface area (Å²) >= 11 is 6.01. The first-order valence-corrected chi connectivity index (χ1v) is 7.32. The van der Waals surface area contributed by atoms with Crippen LogP contribution in [0.3, 0.4) is 0 Å². The van der Waals surface area contributed by atoms with Crippen molar-refractivity contribution in [3.05, 3.63) is 21.6 Å². The molecule has 7 heteroatoms. The van der Waals surface area contributed by atoms with E-state index in [1.807, 2.05) is 0 Å². The molecule has 0 aromatic carbocycles. The minimum absolute atomic E-state index is 0.109. The molecular weight excluding hydrogens is 282 g/mol. The summed E-state index contributed by atoms with van der Waals surface area (Å²) in [6, 6.07) is 0. The topological polar surface area (TPSA) is 76.4 Å². The van der Waals surface area contributed by atoms with Gasteiger partial charge in [0.2, 0.25) is 0 Å². The predicted octanol–water partition coefficient (Wildman–Crippen LogP) is 1.26. The lowest BCUT2D eigenvalue weighted by atomic mass is 10.1. The van der Waals surface area contributed by atoms with Crippen LogP contribution >= 0.6 is 11.6 Å². The summed E-state index contributed by atoms with van der Waals surface area (Å²) in [6.45, 7) is 1.53. The molecule has 1 atom stereocenters. The van der Waals surface area contributed by atoms with Crippen LogP contribution in [0.25, 0.3) is 0 Å². The number of nitrogens with zero attached hydrogens (tertiary/aromatic N) is 2. The molecular formula is C13H20ClN3O3. The van der Waals surface area contributed by atoms with Gasteiger partial charge >= 0.3 is 0 Å². The fourth-order valence-corrected chi connectivity index (χ4v) is 2.46. The zero-order valence-corrected chi connectivity index (χ0v) is 12.1. The molecule has 20 heavy (non-hydrogen) atoms. The number of ether oxygens (including phenoxy) is 1. The summed E-state index contributed by atoms with van der Waals surface area (Å²) in [4.78, 5) is 11.8. The highest BCUT2D eigenvalue weighted by molar-refractivity contribution is 6.32. The molecule has 0 spiro atoms. The molecule has 1 fully saturated rings. The van der Waals surface area contributed by atoms with Crippen molar-refractivity contribution in [2.24, 2.45) is 0 Å². The molecule has 1 aromatic heterocycles. The van der Waals surface area contributed by atoms with E-state index in [2.05, 4.69) is 10.4 Å². The molecule has 0 saturated carbocycles. The lowest BCUT2D eigenvalue weighted by Crippen LogP contribution is -2.26. The van der Waals surface area contributed by atoms with Crippen molar-refractivity contribution >= 4 is 17.3 Å². The molecule has 2 rings (SSSR count). The lowest BCUT2D eigenvalue weighted by Gasteiger charge is -2.22. The number of aliphatic hydroxyl groups excluding tert-OH is 1. The standard InChI is InChI=1S/C13H20ClN3O3/c14-12-11(9-16-17(6-7-18)13(12)19)15-5-4-10-3-1-2-8-20-10/h9-10,15,18H,1-8H2. The first-order valence-electron chi connectivity index (χ1n) is 6.94. The van der Waals surface area contributed by atoms with E-state index >= 15 is 0 Å². The van der Waals surface area contributed by atoms with Crippen molar-refractivity contribution in [1.29, 1.82) is 0 Å². The summed E-state index contributed by atoms with van der Waals surface area (Å²) in [5, 5.41) is 16.0. The molecule has 0 aliphatic carbocycles. The van der Waals surface area contributed by atoms with Crippen molar-refractivity contribution < 1.29 is 9.84 Å². The maximum absolute atomic E-state index is 11.8. The van der Waals surface area contributed by atoms with Gasteiger partial charge in [-0.1, -0.05) is 11.6 Å². The zero-order chi connectivity index (χ0) is 14.4. The normalized spacial score (nSPS) is 19.0. The van der Waals surface area contributed by atoms with Crippen LogP contribution in [0, 0.1) is 0 Å². The maximum atomic E-state index is 11.8. The van der Waals surface area contributed by atoms with Gasteiger partial charge in [0.1, 0.15) is 5.02 Å². The van der Waals surface area contributed by atoms with E-state index in [0.29, 0.717) is 12.2 Å². The second-order valence-electron chi connectivity index (χ2n) is 4.83. The minimum Gasteiger partial charge on any atom is -0.394 e. The van der Waals surface area contributed by atoms with Gasteiger partial charge in [0.15, 0.2) is 0 Å². The van der Waals surface area contributed by atoms with Gasteiger partial charge in [-0.15, -0.1) is 0 Å². The Balaban J connectivity index is 1.89. The fraction of sp³-hybridized carbons (Fsp3) is 0.692. The number of aromatic nitrogens is 2. The summed E-state index contributed by atoms with van der Waals surface area (Å²) in [7, 11) is 0. The molecule has 6 nitrogen and oxygen atoms in total. The highest BCUT2D eigenvalue weighted by Crippen LogP contribution is 2.18. The Hall–Kier alpha value is -1.11. The number of aliphatic hydroxyl groups is 1. The van der Waals surface area contributed by atoms with Crippen LogP contribution in [0.4, 0.5) is 5.69 Å². The number of halogens is 1. The van der Waals surface area contributed by atoms with Crippen LogP contribution in [0.2, 0.25) is 5.02 Å². The molecule has 1 unspecified atom stereocenters. The van der Waals surface area contributed by atoms with Gasteiger partial charge in [-0.2, -0.15) is 5.10 Å². The minimum atomic E-state index is -0.389. The second kappa shape index (κ2) is 7.61. The Bertz CT molecular complexity index is 486. The first kappa shape index (κ1) is 15.3. The SMILES string of the molecule is O=c1c(Cl)c(NCCC2CCCCO2)cnn1CCO. The smallest absolute Gasteiger partial charge is 0.287 e. The average molecular weight is 302 g/mol. The van der Waals surface area contributed by atoms with Crippen molar-refractivity contribution in [1.82, 2.24) is 9.78 Å². The van der Waals surface area contributed by atoms with Crippen molar-refractivity contribution in [3.8, 4) is 0 Å². The van der Waals surface area contributed by atoms with Crippen LogP contribution in [0.15, 0.2) is 11.0 Å². The highest BCUT2D eigenvalue weighted by atomic mass is 35.5. The zero-order valence-electron chi connectivity index (χ0n) is 11.3. The average Bonchev–Trinajstić information content (AvgIpc) is 2.48. The number of anilines is 1. The van der Waals surface area contributed by atoms with Gasteiger partial charge < -0.3 is 15.2 Å². The molecule has 0 radical (unpaired) electrons. The third-order valence-corrected chi connectivity index (χ3v) is 3.72. The van der Waals surface area contributed by atoms with Gasteiger partial charge in [-0.3, -0.25) is 4.79 Å². The second-order valence-corrected chi connectivity index (χ2v) is 5.21. The van der Waals surface area contributed by atoms with Crippen molar-refractivity contribution in [2.75, 3.05) is 25.1 Å². The molecule has 1 aliphatic rings. The van der Waals surface area contributed by atoms with E-state index < -0.39 is 0 Å². The van der Waals surface area contributed by atoms with Gasteiger partial charge in [0.25, 0.3) is 5.56 Å². The Morgan fingerprint density at radius 3 is 3.10 bits per heavy atom. The Labute approximate surface area is 122 Å². The van der Waals surface area contributed by atoms with Gasteiger partial charge in [-0.05, 0) is 25.7 Å². The van der Waals surface area contributed by atoms with Crippen molar-refractivity contribution in [3.63, 3.8) is 0 Å². The summed E-state index contributed by atoms with van der Waals surface area (Å²) in [5.74, 6) is 0. The third-order valence-electron chi connectivity index (χ3n) is 3.35. The van der Waals surface area contributed by atoms with Crippen molar-refractivity contribution in [2.45, 2.75) is 38.3 Å². The monoisotopic (exact) mass is 301 g/mol. The summed E-state index contributed by atoms with van der Waals surface area (Å²) in [5.41, 5.74) is 0.140. The quantitative estimate of drug-likeness (QED) is 0.827. The molecule has 112 valence electrons. The predicted molar refractivity (Wildman–Crippen MR) is 77.3 cm³/mol. The summed E-state index contributed by atoms with van der Waals surface area (Å²) < 4.78 is 6.79. The number of hydrogen-bond donors (Lipinski definition) is 2. The van der Waals surface area contributed by atoms with Crippen LogP contribution in [-0.2, 0) is 11.3 Å². The fourth-order valence-electron chi connectivity index (χ4n) is 2.25. The first-order chi connectivity index (χ1) is 9.72. The van der Waals surface area contributed by atoms with Gasteiger partial charge in [0, 0.05) is 13.2 Å². The maximum Gasteiger partial charge on any atom is 0.287 e. The molecule has 1 aliphatic heterocycles. The third kappa shape index (κ3) is 3.94. The molecule has 0 amide bonds. The molecule has 1 saturated heterocycles. The Morgan fingerprint density at radius 2 is 2.40 bits per heavy atom. The van der Waals surface area contributed by atoms with E-state index in [0.717, 1.165) is 30.6 Å². The van der Waals surface area contributed by atoms with Gasteiger partial charge in [0.05, 0.1) is 31.1 Å². The van der Waals surface area contributed by atoms with Crippen LogP contribution in [0.5, 0.6) is 0 Å². The van der Waals surface area contributed by atoms with E-state index in [9.17, 15) is 4.79 Å². The van der Waals surface area contributed by atoms with E-state index in [4.69, 9.17) is 21.4 Å². The number of nitrogens with one attached hydrogen (secondary N) is 1. The van der Waals surface area contributed by atoms with E-state index in [-0.39, 0.29) is 29.8 Å². The number of rotatable bonds is 6. The number of hydrogen-bond acceptors (Lipinski definition) is 5. The van der Waals surface area contributed by atoms with Gasteiger partial charge in [-0.25, -0.2) is 4.68 Å². The molecule has 2 heterocycles. The van der Waals surface area contributed by atoms with Crippen LogP contribution in [-0.4, -0.2) is 40.7 Å². The molecule has 0 bridgehead atoms. The Kier molecular flexibility index (Phi) is 5.82. The van der Waals surface area contributed by atoms with Crippen LogP contribution in [0.1, 0.15) is 25.7 Å². The Morgan fingerprint density at radius 1 is 1.55 bits per heavy atom. The van der Waals surface area contributed by atoms with E-state index in [1.54, 1.807) is 0 Å². The summed E-state index contributed by atoms with van der Waals surface area (Å²) in [6.07, 6.45) is 6.13. The molecule has 2 N–H and O–H groups in total.